The maximum Gasteiger partial charge on any atom is 0.308 e. The zero-order valence-corrected chi connectivity index (χ0v) is 13.2. The summed E-state index contributed by atoms with van der Waals surface area (Å²) < 4.78 is 5.63. The van der Waals surface area contributed by atoms with Gasteiger partial charge in [-0.3, -0.25) is 4.79 Å². The molecule has 0 fully saturated rings. The predicted octanol–water partition coefficient (Wildman–Crippen LogP) is 3.96. The van der Waals surface area contributed by atoms with Crippen molar-refractivity contribution >= 4 is 17.3 Å². The number of carboxylic acid groups (broad SMARTS) is 1. The van der Waals surface area contributed by atoms with Gasteiger partial charge in [-0.2, -0.15) is 0 Å². The molecule has 0 saturated carbocycles. The van der Waals surface area contributed by atoms with E-state index in [1.54, 1.807) is 0 Å². The molecule has 5 heteroatoms. The van der Waals surface area contributed by atoms with E-state index in [-0.39, 0.29) is 12.3 Å². The van der Waals surface area contributed by atoms with Crippen LogP contribution in [0.1, 0.15) is 37.3 Å². The first-order chi connectivity index (χ1) is 10.0. The Labute approximate surface area is 128 Å². The van der Waals surface area contributed by atoms with Crippen molar-refractivity contribution < 1.29 is 14.6 Å². The molecule has 112 valence electrons. The van der Waals surface area contributed by atoms with E-state index in [1.807, 2.05) is 45.0 Å². The monoisotopic (exact) mass is 305 g/mol. The van der Waals surface area contributed by atoms with Gasteiger partial charge in [0.2, 0.25) is 0 Å². The molecule has 0 radical (unpaired) electrons. The second-order valence-corrected chi connectivity index (χ2v) is 6.07. The molecule has 0 unspecified atom stereocenters. The summed E-state index contributed by atoms with van der Waals surface area (Å²) in [5.74, 6) is 0.153. The van der Waals surface area contributed by atoms with E-state index in [0.717, 1.165) is 26.9 Å². The number of carboxylic acids is 1. The highest BCUT2D eigenvalue weighted by Crippen LogP contribution is 2.36. The fraction of sp³-hybridized carbons (Fsp3) is 0.375. The Bertz CT molecular complexity index is 634. The molecule has 4 nitrogen and oxygen atoms in total. The van der Waals surface area contributed by atoms with Gasteiger partial charge >= 0.3 is 5.97 Å². The first-order valence-electron chi connectivity index (χ1n) is 6.96. The van der Waals surface area contributed by atoms with Gasteiger partial charge in [0.15, 0.2) is 0 Å². The summed E-state index contributed by atoms with van der Waals surface area (Å²) in [5.41, 5.74) is 1.78. The normalized spacial score (nSPS) is 10.9. The number of nitrogens with zero attached hydrogens (tertiary/aromatic N) is 1. The van der Waals surface area contributed by atoms with Crippen molar-refractivity contribution in [2.75, 3.05) is 6.61 Å². The average Bonchev–Trinajstić information content (AvgIpc) is 2.83. The lowest BCUT2D eigenvalue weighted by atomic mass is 10.1. The summed E-state index contributed by atoms with van der Waals surface area (Å²) >= 11 is 1.44. The minimum absolute atomic E-state index is 0.0159. The molecule has 1 aromatic heterocycles. The van der Waals surface area contributed by atoms with Gasteiger partial charge in [0.1, 0.15) is 10.8 Å². The lowest BCUT2D eigenvalue weighted by Gasteiger charge is -2.07. The quantitative estimate of drug-likeness (QED) is 0.877. The van der Waals surface area contributed by atoms with E-state index in [9.17, 15) is 4.79 Å². The zero-order chi connectivity index (χ0) is 15.4. The Balaban J connectivity index is 2.47. The van der Waals surface area contributed by atoms with Crippen LogP contribution < -0.4 is 4.74 Å². The Morgan fingerprint density at radius 1 is 1.38 bits per heavy atom. The summed E-state index contributed by atoms with van der Waals surface area (Å²) in [6.07, 6.45) is 0.0159. The number of aliphatic carboxylic acids is 1. The highest BCUT2D eigenvalue weighted by Gasteiger charge is 2.19. The number of benzene rings is 1. The van der Waals surface area contributed by atoms with Crippen LogP contribution in [0.3, 0.4) is 0 Å². The Hall–Kier alpha value is -1.88. The molecular weight excluding hydrogens is 286 g/mol. The standard InChI is InChI=1S/C16H19NO3S/c1-4-20-12-8-6-5-7-11(12)16-17-15(10(2)3)13(21-16)9-14(18)19/h5-8,10H,4,9H2,1-3H3,(H,18,19). The lowest BCUT2D eigenvalue weighted by molar-refractivity contribution is -0.136. The fourth-order valence-corrected chi connectivity index (χ4v) is 3.36. The lowest BCUT2D eigenvalue weighted by Crippen LogP contribution is -2.02. The van der Waals surface area contributed by atoms with Crippen molar-refractivity contribution in [1.82, 2.24) is 4.98 Å². The van der Waals surface area contributed by atoms with E-state index < -0.39 is 5.97 Å². The number of carbonyl (C=O) groups is 1. The molecule has 0 atom stereocenters. The predicted molar refractivity (Wildman–Crippen MR) is 84.1 cm³/mol. The maximum atomic E-state index is 11.0. The van der Waals surface area contributed by atoms with Crippen molar-refractivity contribution in [3.05, 3.63) is 34.8 Å². The highest BCUT2D eigenvalue weighted by atomic mass is 32.1. The third-order valence-corrected chi connectivity index (χ3v) is 4.11. The fourth-order valence-electron chi connectivity index (χ4n) is 2.12. The number of thiazole rings is 1. The van der Waals surface area contributed by atoms with Crippen LogP contribution in [0.2, 0.25) is 0 Å². The van der Waals surface area contributed by atoms with Crippen molar-refractivity contribution in [2.24, 2.45) is 0 Å². The molecule has 0 amide bonds. The van der Waals surface area contributed by atoms with Crippen LogP contribution in [-0.4, -0.2) is 22.7 Å². The maximum absolute atomic E-state index is 11.0. The molecule has 0 aliphatic carbocycles. The van der Waals surface area contributed by atoms with Crippen LogP contribution in [0, 0.1) is 0 Å². The first kappa shape index (κ1) is 15.5. The number of aromatic nitrogens is 1. The van der Waals surface area contributed by atoms with Gasteiger partial charge in [-0.25, -0.2) is 4.98 Å². The van der Waals surface area contributed by atoms with Crippen LogP contribution in [-0.2, 0) is 11.2 Å². The van der Waals surface area contributed by atoms with E-state index in [4.69, 9.17) is 9.84 Å². The SMILES string of the molecule is CCOc1ccccc1-c1nc(C(C)C)c(CC(=O)O)s1. The number of rotatable bonds is 6. The minimum atomic E-state index is -0.829. The molecule has 1 heterocycles. The number of hydrogen-bond acceptors (Lipinski definition) is 4. The minimum Gasteiger partial charge on any atom is -0.493 e. The van der Waals surface area contributed by atoms with Gasteiger partial charge in [-0.1, -0.05) is 26.0 Å². The van der Waals surface area contributed by atoms with Crippen molar-refractivity contribution in [3.8, 4) is 16.3 Å². The molecule has 1 N–H and O–H groups in total. The van der Waals surface area contributed by atoms with Gasteiger partial charge in [0.25, 0.3) is 0 Å². The Morgan fingerprint density at radius 3 is 2.71 bits per heavy atom. The van der Waals surface area contributed by atoms with Crippen molar-refractivity contribution in [1.29, 1.82) is 0 Å². The molecule has 0 spiro atoms. The second-order valence-electron chi connectivity index (χ2n) is 4.98. The zero-order valence-electron chi connectivity index (χ0n) is 12.4. The smallest absolute Gasteiger partial charge is 0.308 e. The van der Waals surface area contributed by atoms with Crippen LogP contribution in [0.15, 0.2) is 24.3 Å². The summed E-state index contributed by atoms with van der Waals surface area (Å²) in [6, 6.07) is 7.72. The van der Waals surface area contributed by atoms with Crippen molar-refractivity contribution in [3.63, 3.8) is 0 Å². The number of para-hydroxylation sites is 1. The largest absolute Gasteiger partial charge is 0.493 e. The highest BCUT2D eigenvalue weighted by molar-refractivity contribution is 7.15. The van der Waals surface area contributed by atoms with Gasteiger partial charge in [-0.15, -0.1) is 11.3 Å². The molecule has 1 aromatic carbocycles. The topological polar surface area (TPSA) is 59.4 Å². The molecule has 2 aromatic rings. The van der Waals surface area contributed by atoms with E-state index >= 15 is 0 Å². The van der Waals surface area contributed by atoms with Crippen LogP contribution >= 0.6 is 11.3 Å². The van der Waals surface area contributed by atoms with Crippen molar-refractivity contribution in [2.45, 2.75) is 33.1 Å². The van der Waals surface area contributed by atoms with Crippen LogP contribution in [0.4, 0.5) is 0 Å². The van der Waals surface area contributed by atoms with E-state index in [0.29, 0.717) is 6.61 Å². The Morgan fingerprint density at radius 2 is 2.10 bits per heavy atom. The molecule has 0 bridgehead atoms. The summed E-state index contributed by atoms with van der Waals surface area (Å²) in [7, 11) is 0. The van der Waals surface area contributed by atoms with Gasteiger partial charge in [0, 0.05) is 4.88 Å². The molecule has 0 saturated heterocycles. The van der Waals surface area contributed by atoms with Gasteiger partial charge in [-0.05, 0) is 25.0 Å². The van der Waals surface area contributed by atoms with Crippen LogP contribution in [0.5, 0.6) is 5.75 Å². The molecule has 0 aliphatic heterocycles. The van der Waals surface area contributed by atoms with Crippen LogP contribution in [0.25, 0.3) is 10.6 Å². The number of hydrogen-bond donors (Lipinski definition) is 1. The first-order valence-corrected chi connectivity index (χ1v) is 7.78. The third kappa shape index (κ3) is 3.61. The van der Waals surface area contributed by atoms with Gasteiger partial charge < -0.3 is 9.84 Å². The number of ether oxygens (including phenoxy) is 1. The third-order valence-electron chi connectivity index (χ3n) is 3.00. The second kappa shape index (κ2) is 6.72. The molecular formula is C16H19NO3S. The van der Waals surface area contributed by atoms with E-state index in [2.05, 4.69) is 4.98 Å². The van der Waals surface area contributed by atoms with Gasteiger partial charge in [0.05, 0.1) is 24.3 Å². The van der Waals surface area contributed by atoms with E-state index in [1.165, 1.54) is 11.3 Å². The Kier molecular flexibility index (Phi) is 4.96. The average molecular weight is 305 g/mol. The molecule has 21 heavy (non-hydrogen) atoms. The summed E-state index contributed by atoms with van der Waals surface area (Å²) in [4.78, 5) is 16.5. The summed E-state index contributed by atoms with van der Waals surface area (Å²) in [6.45, 7) is 6.58. The molecule has 2 rings (SSSR count). The molecule has 0 aliphatic rings. The summed E-state index contributed by atoms with van der Waals surface area (Å²) in [5, 5.41) is 9.86.